The van der Waals surface area contributed by atoms with E-state index in [4.69, 9.17) is 21.1 Å². The summed E-state index contributed by atoms with van der Waals surface area (Å²) in [4.78, 5) is 28.1. The molecule has 2 N–H and O–H groups in total. The lowest BCUT2D eigenvalue weighted by atomic mass is 9.98. The molecule has 3 aromatic carbocycles. The van der Waals surface area contributed by atoms with E-state index in [1.165, 1.54) is 23.8 Å². The molecule has 5 rings (SSSR count). The lowest BCUT2D eigenvalue weighted by Gasteiger charge is -2.09. The Balaban J connectivity index is 1.23. The van der Waals surface area contributed by atoms with Gasteiger partial charge in [0, 0.05) is 17.3 Å². The number of hydrogen-bond acceptors (Lipinski definition) is 7. The highest BCUT2D eigenvalue weighted by Crippen LogP contribution is 2.31. The second-order valence-corrected chi connectivity index (χ2v) is 9.39. The van der Waals surface area contributed by atoms with Crippen molar-refractivity contribution in [1.82, 2.24) is 10.3 Å². The Bertz CT molecular complexity index is 1690. The highest BCUT2D eigenvalue weighted by molar-refractivity contribution is 7.80. The van der Waals surface area contributed by atoms with Gasteiger partial charge in [-0.1, -0.05) is 32.0 Å². The average molecular weight is 541 g/mol. The summed E-state index contributed by atoms with van der Waals surface area (Å²) in [5.41, 5.74) is 4.38. The van der Waals surface area contributed by atoms with E-state index in [0.29, 0.717) is 17.5 Å². The van der Waals surface area contributed by atoms with Crippen LogP contribution in [-0.2, 0) is 0 Å². The number of furan rings is 1. The van der Waals surface area contributed by atoms with Crippen LogP contribution in [0.15, 0.2) is 87.7 Å². The van der Waals surface area contributed by atoms with Gasteiger partial charge in [0.25, 0.3) is 11.6 Å². The average Bonchev–Trinajstić information content (AvgIpc) is 3.60. The second-order valence-electron chi connectivity index (χ2n) is 8.98. The number of thiocarbonyl (C=S) groups is 1. The molecule has 2 heterocycles. The maximum absolute atomic E-state index is 12.6. The van der Waals surface area contributed by atoms with E-state index in [0.717, 1.165) is 23.1 Å². The Hall–Kier alpha value is -4.83. The molecule has 0 fully saturated rings. The van der Waals surface area contributed by atoms with Crippen LogP contribution in [0.2, 0.25) is 0 Å². The molecule has 0 saturated carbocycles. The molecule has 0 aliphatic heterocycles. The Morgan fingerprint density at radius 2 is 1.82 bits per heavy atom. The molecule has 0 spiro atoms. The van der Waals surface area contributed by atoms with Gasteiger partial charge in [-0.2, -0.15) is 0 Å². The number of anilines is 1. The predicted molar refractivity (Wildman–Crippen MR) is 153 cm³/mol. The lowest BCUT2D eigenvalue weighted by Crippen LogP contribution is -2.33. The zero-order valence-corrected chi connectivity index (χ0v) is 22.0. The Morgan fingerprint density at radius 1 is 1.05 bits per heavy atom. The van der Waals surface area contributed by atoms with Crippen LogP contribution in [0, 0.1) is 10.1 Å². The van der Waals surface area contributed by atoms with Gasteiger partial charge in [-0.3, -0.25) is 20.2 Å². The molecule has 0 aliphatic rings. The number of fused-ring (bicyclic) bond motifs is 1. The molecule has 2 aromatic heterocycles. The first kappa shape index (κ1) is 25.8. The fraction of sp³-hybridized carbons (Fsp3) is 0.138. The molecule has 0 aliphatic carbocycles. The predicted octanol–water partition coefficient (Wildman–Crippen LogP) is 7.30. The third-order valence-electron chi connectivity index (χ3n) is 6.41. The summed E-state index contributed by atoms with van der Waals surface area (Å²) in [6, 6.07) is 22.5. The molecule has 5 aromatic rings. The highest BCUT2D eigenvalue weighted by atomic mass is 32.1. The van der Waals surface area contributed by atoms with Gasteiger partial charge in [-0.25, -0.2) is 4.98 Å². The molecular weight excluding hydrogens is 516 g/mol. The molecule has 1 amide bonds. The fourth-order valence-electron chi connectivity index (χ4n) is 4.08. The Kier molecular flexibility index (Phi) is 7.20. The summed E-state index contributed by atoms with van der Waals surface area (Å²) in [5.74, 6) is 0.551. The molecule has 1 atom stereocenters. The van der Waals surface area contributed by atoms with Crippen molar-refractivity contribution >= 4 is 45.7 Å². The zero-order valence-electron chi connectivity index (χ0n) is 21.1. The number of rotatable bonds is 7. The highest BCUT2D eigenvalue weighted by Gasteiger charge is 2.20. The van der Waals surface area contributed by atoms with Crippen LogP contribution >= 0.6 is 12.2 Å². The normalized spacial score (nSPS) is 11.7. The number of carbonyl (C=O) groups excluding carboxylic acids is 1. The molecular formula is C29H24N4O5S. The molecule has 0 saturated heterocycles. The van der Waals surface area contributed by atoms with Crippen molar-refractivity contribution in [3.8, 4) is 22.8 Å². The van der Waals surface area contributed by atoms with Gasteiger partial charge in [0.05, 0.1) is 10.5 Å². The minimum atomic E-state index is -0.586. The van der Waals surface area contributed by atoms with Crippen LogP contribution in [0.4, 0.5) is 11.4 Å². The standard InChI is InChI=1S/C29H24N4O5S/c1-3-17(2)19-10-13-25-22(16-19)31-28(38-25)18-8-11-20(12-9-18)30-29(39)32-27(34)26-15-14-24(37-26)21-6-4-5-7-23(21)33(35)36/h4-17H,3H2,1-2H3,(H2,30,32,34,39). The Labute approximate surface area is 229 Å². The second kappa shape index (κ2) is 10.9. The number of para-hydroxylation sites is 1. The van der Waals surface area contributed by atoms with Gasteiger partial charge < -0.3 is 14.2 Å². The van der Waals surface area contributed by atoms with Gasteiger partial charge in [0.15, 0.2) is 16.5 Å². The third kappa shape index (κ3) is 5.55. The van der Waals surface area contributed by atoms with Crippen molar-refractivity contribution in [1.29, 1.82) is 0 Å². The first-order chi connectivity index (χ1) is 18.8. The zero-order chi connectivity index (χ0) is 27.5. The van der Waals surface area contributed by atoms with E-state index >= 15 is 0 Å². The van der Waals surface area contributed by atoms with Crippen molar-refractivity contribution in [3.05, 3.63) is 100 Å². The topological polar surface area (TPSA) is 123 Å². The summed E-state index contributed by atoms with van der Waals surface area (Å²) in [6.45, 7) is 4.34. The van der Waals surface area contributed by atoms with E-state index in [1.807, 2.05) is 18.2 Å². The number of nitro groups is 1. The van der Waals surface area contributed by atoms with Gasteiger partial charge in [-0.05, 0) is 84.7 Å². The largest absolute Gasteiger partial charge is 0.451 e. The Morgan fingerprint density at radius 3 is 2.56 bits per heavy atom. The van der Waals surface area contributed by atoms with E-state index in [2.05, 4.69) is 41.6 Å². The van der Waals surface area contributed by atoms with Crippen LogP contribution in [-0.4, -0.2) is 20.9 Å². The van der Waals surface area contributed by atoms with Gasteiger partial charge >= 0.3 is 0 Å². The quantitative estimate of drug-likeness (QED) is 0.125. The van der Waals surface area contributed by atoms with Crippen LogP contribution < -0.4 is 10.6 Å². The van der Waals surface area contributed by atoms with Crippen molar-refractivity contribution in [2.24, 2.45) is 0 Å². The maximum Gasteiger partial charge on any atom is 0.293 e. The van der Waals surface area contributed by atoms with E-state index in [9.17, 15) is 14.9 Å². The smallest absolute Gasteiger partial charge is 0.293 e. The summed E-state index contributed by atoms with van der Waals surface area (Å²) < 4.78 is 11.5. The van der Waals surface area contributed by atoms with Crippen LogP contribution in [0.5, 0.6) is 0 Å². The number of benzene rings is 3. The number of oxazole rings is 1. The number of hydrogen-bond donors (Lipinski definition) is 2. The first-order valence-electron chi connectivity index (χ1n) is 12.3. The lowest BCUT2D eigenvalue weighted by molar-refractivity contribution is -0.384. The van der Waals surface area contributed by atoms with Crippen molar-refractivity contribution in [3.63, 3.8) is 0 Å². The molecule has 10 heteroatoms. The minimum Gasteiger partial charge on any atom is -0.451 e. The minimum absolute atomic E-state index is 0.0323. The number of nitro benzene ring substituents is 1. The van der Waals surface area contributed by atoms with E-state index in [-0.39, 0.29) is 27.9 Å². The van der Waals surface area contributed by atoms with Crippen LogP contribution in [0.25, 0.3) is 33.9 Å². The number of amides is 1. The van der Waals surface area contributed by atoms with Gasteiger partial charge in [0.2, 0.25) is 5.89 Å². The van der Waals surface area contributed by atoms with Gasteiger partial charge in [-0.15, -0.1) is 0 Å². The maximum atomic E-state index is 12.6. The SMILES string of the molecule is CCC(C)c1ccc2oc(-c3ccc(NC(=S)NC(=O)c4ccc(-c5ccccc5[N+](=O)[O-])o4)cc3)nc2c1. The number of nitrogens with zero attached hydrogens (tertiary/aromatic N) is 2. The molecule has 1 unspecified atom stereocenters. The molecule has 0 radical (unpaired) electrons. The molecule has 196 valence electrons. The van der Waals surface area contributed by atoms with Crippen LogP contribution in [0.1, 0.15) is 42.3 Å². The summed E-state index contributed by atoms with van der Waals surface area (Å²) >= 11 is 5.28. The van der Waals surface area contributed by atoms with Crippen molar-refractivity contribution in [2.75, 3.05) is 5.32 Å². The van der Waals surface area contributed by atoms with Crippen LogP contribution in [0.3, 0.4) is 0 Å². The van der Waals surface area contributed by atoms with Crippen molar-refractivity contribution < 1.29 is 18.6 Å². The number of aromatic nitrogens is 1. The summed E-state index contributed by atoms with van der Waals surface area (Å²) in [7, 11) is 0. The van der Waals surface area contributed by atoms with E-state index < -0.39 is 10.8 Å². The number of nitrogens with one attached hydrogen (secondary N) is 2. The summed E-state index contributed by atoms with van der Waals surface area (Å²) in [5, 5.41) is 16.9. The first-order valence-corrected chi connectivity index (χ1v) is 12.7. The fourth-order valence-corrected chi connectivity index (χ4v) is 4.29. The monoisotopic (exact) mass is 540 g/mol. The molecule has 39 heavy (non-hydrogen) atoms. The number of carbonyl (C=O) groups is 1. The molecule has 0 bridgehead atoms. The van der Waals surface area contributed by atoms with Gasteiger partial charge in [0.1, 0.15) is 11.3 Å². The summed E-state index contributed by atoms with van der Waals surface area (Å²) in [6.07, 6.45) is 1.05. The van der Waals surface area contributed by atoms with Crippen molar-refractivity contribution in [2.45, 2.75) is 26.2 Å². The third-order valence-corrected chi connectivity index (χ3v) is 6.61. The molecule has 9 nitrogen and oxygen atoms in total. The van der Waals surface area contributed by atoms with E-state index in [1.54, 1.807) is 30.3 Å².